The van der Waals surface area contributed by atoms with Gasteiger partial charge in [-0.3, -0.25) is 0 Å². The first-order valence-electron chi connectivity index (χ1n) is 4.75. The Morgan fingerprint density at radius 3 is 2.85 bits per heavy atom. The molecular formula is C11H13FO. The van der Waals surface area contributed by atoms with Gasteiger partial charge in [-0.1, -0.05) is 19.1 Å². The lowest BCUT2D eigenvalue weighted by Gasteiger charge is -2.09. The Balaban J connectivity index is 2.27. The van der Waals surface area contributed by atoms with E-state index in [1.165, 1.54) is 6.07 Å². The Hall–Kier alpha value is -1.05. The Kier molecular flexibility index (Phi) is 2.21. The molecule has 0 heterocycles. The zero-order chi connectivity index (χ0) is 9.26. The molecule has 0 saturated heterocycles. The number of para-hydroxylation sites is 1. The predicted octanol–water partition coefficient (Wildman–Crippen LogP) is 2.93. The van der Waals surface area contributed by atoms with Crippen molar-refractivity contribution in [3.05, 3.63) is 29.6 Å². The summed E-state index contributed by atoms with van der Waals surface area (Å²) in [6, 6.07) is 5.10. The minimum Gasteiger partial charge on any atom is -0.487 e. The summed E-state index contributed by atoms with van der Waals surface area (Å²) in [5, 5.41) is 0. The summed E-state index contributed by atoms with van der Waals surface area (Å²) in [6.07, 6.45) is 3.22. The SMILES string of the molecule is CCc1cccc(F)c1OC1CC1. The zero-order valence-corrected chi connectivity index (χ0v) is 7.72. The van der Waals surface area contributed by atoms with E-state index in [0.29, 0.717) is 5.75 Å². The van der Waals surface area contributed by atoms with E-state index in [0.717, 1.165) is 24.8 Å². The maximum Gasteiger partial charge on any atom is 0.165 e. The molecule has 0 atom stereocenters. The van der Waals surface area contributed by atoms with Crippen LogP contribution in [-0.2, 0) is 6.42 Å². The first kappa shape index (κ1) is 8.54. The second-order valence-corrected chi connectivity index (χ2v) is 3.40. The topological polar surface area (TPSA) is 9.23 Å². The van der Waals surface area contributed by atoms with Crippen LogP contribution in [0.3, 0.4) is 0 Å². The lowest BCUT2D eigenvalue weighted by atomic mass is 10.1. The van der Waals surface area contributed by atoms with E-state index in [-0.39, 0.29) is 11.9 Å². The third-order valence-electron chi connectivity index (χ3n) is 2.24. The third-order valence-corrected chi connectivity index (χ3v) is 2.24. The second kappa shape index (κ2) is 3.36. The fraction of sp³-hybridized carbons (Fsp3) is 0.455. The summed E-state index contributed by atoms with van der Waals surface area (Å²) >= 11 is 0. The van der Waals surface area contributed by atoms with Gasteiger partial charge in [-0.05, 0) is 30.9 Å². The van der Waals surface area contributed by atoms with E-state index < -0.39 is 0 Å². The van der Waals surface area contributed by atoms with Crippen molar-refractivity contribution in [2.75, 3.05) is 0 Å². The molecule has 2 heteroatoms. The highest BCUT2D eigenvalue weighted by atomic mass is 19.1. The molecule has 0 radical (unpaired) electrons. The van der Waals surface area contributed by atoms with Crippen molar-refractivity contribution in [2.24, 2.45) is 0 Å². The van der Waals surface area contributed by atoms with Crippen LogP contribution >= 0.6 is 0 Å². The number of halogens is 1. The highest BCUT2D eigenvalue weighted by Gasteiger charge is 2.25. The fourth-order valence-electron chi connectivity index (χ4n) is 1.32. The molecular weight excluding hydrogens is 167 g/mol. The third kappa shape index (κ3) is 1.82. The highest BCUT2D eigenvalue weighted by Crippen LogP contribution is 2.31. The normalized spacial score (nSPS) is 15.8. The summed E-state index contributed by atoms with van der Waals surface area (Å²) in [6.45, 7) is 2.01. The molecule has 1 aliphatic rings. The van der Waals surface area contributed by atoms with Crippen LogP contribution < -0.4 is 4.74 Å². The standard InChI is InChI=1S/C11H13FO/c1-2-8-4-3-5-10(12)11(8)13-9-6-7-9/h3-5,9H,2,6-7H2,1H3. The van der Waals surface area contributed by atoms with E-state index >= 15 is 0 Å². The molecule has 1 nitrogen and oxygen atoms in total. The minimum absolute atomic E-state index is 0.230. The molecule has 0 amide bonds. The number of hydrogen-bond donors (Lipinski definition) is 0. The highest BCUT2D eigenvalue weighted by molar-refractivity contribution is 5.35. The van der Waals surface area contributed by atoms with Crippen LogP contribution in [0.5, 0.6) is 5.75 Å². The molecule has 0 N–H and O–H groups in total. The van der Waals surface area contributed by atoms with Gasteiger partial charge in [-0.2, -0.15) is 0 Å². The van der Waals surface area contributed by atoms with Crippen LogP contribution in [0.1, 0.15) is 25.3 Å². The number of benzene rings is 1. The van der Waals surface area contributed by atoms with Crippen molar-refractivity contribution in [3.63, 3.8) is 0 Å². The van der Waals surface area contributed by atoms with E-state index in [4.69, 9.17) is 4.74 Å². The van der Waals surface area contributed by atoms with Crippen molar-refractivity contribution < 1.29 is 9.13 Å². The number of aryl methyl sites for hydroxylation is 1. The van der Waals surface area contributed by atoms with Crippen molar-refractivity contribution in [1.82, 2.24) is 0 Å². The fourth-order valence-corrected chi connectivity index (χ4v) is 1.32. The van der Waals surface area contributed by atoms with Gasteiger partial charge in [0.15, 0.2) is 11.6 Å². The van der Waals surface area contributed by atoms with Crippen LogP contribution in [0.25, 0.3) is 0 Å². The van der Waals surface area contributed by atoms with E-state index in [9.17, 15) is 4.39 Å². The molecule has 0 spiro atoms. The largest absolute Gasteiger partial charge is 0.487 e. The van der Waals surface area contributed by atoms with Crippen molar-refractivity contribution in [2.45, 2.75) is 32.3 Å². The van der Waals surface area contributed by atoms with E-state index in [1.54, 1.807) is 6.07 Å². The maximum atomic E-state index is 13.3. The van der Waals surface area contributed by atoms with Gasteiger partial charge in [0, 0.05) is 0 Å². The first-order chi connectivity index (χ1) is 6.31. The number of hydrogen-bond acceptors (Lipinski definition) is 1. The summed E-state index contributed by atoms with van der Waals surface area (Å²) in [7, 11) is 0. The van der Waals surface area contributed by atoms with Crippen LogP contribution in [0.2, 0.25) is 0 Å². The van der Waals surface area contributed by atoms with Crippen LogP contribution in [0, 0.1) is 5.82 Å². The summed E-state index contributed by atoms with van der Waals surface area (Å²) in [4.78, 5) is 0. The van der Waals surface area contributed by atoms with Gasteiger partial charge in [0.1, 0.15) is 0 Å². The molecule has 13 heavy (non-hydrogen) atoms. The molecule has 70 valence electrons. The monoisotopic (exact) mass is 180 g/mol. The predicted molar refractivity (Wildman–Crippen MR) is 49.4 cm³/mol. The molecule has 0 aromatic heterocycles. The van der Waals surface area contributed by atoms with Gasteiger partial charge >= 0.3 is 0 Å². The minimum atomic E-state index is -0.230. The second-order valence-electron chi connectivity index (χ2n) is 3.40. The Morgan fingerprint density at radius 2 is 2.23 bits per heavy atom. The Bertz CT molecular complexity index is 305. The van der Waals surface area contributed by atoms with Gasteiger partial charge in [0.25, 0.3) is 0 Å². The molecule has 1 fully saturated rings. The van der Waals surface area contributed by atoms with Crippen molar-refractivity contribution >= 4 is 0 Å². The van der Waals surface area contributed by atoms with E-state index in [2.05, 4.69) is 0 Å². The van der Waals surface area contributed by atoms with Crippen LogP contribution in [-0.4, -0.2) is 6.10 Å². The molecule has 0 unspecified atom stereocenters. The summed E-state index contributed by atoms with van der Waals surface area (Å²) in [5.41, 5.74) is 0.965. The molecule has 1 saturated carbocycles. The molecule has 1 aromatic carbocycles. The molecule has 0 aliphatic heterocycles. The summed E-state index contributed by atoms with van der Waals surface area (Å²) in [5.74, 6) is 0.235. The van der Waals surface area contributed by atoms with Crippen molar-refractivity contribution in [3.8, 4) is 5.75 Å². The lowest BCUT2D eigenvalue weighted by Crippen LogP contribution is -2.01. The van der Waals surface area contributed by atoms with Crippen molar-refractivity contribution in [1.29, 1.82) is 0 Å². The average Bonchev–Trinajstić information content (AvgIpc) is 2.92. The Morgan fingerprint density at radius 1 is 1.46 bits per heavy atom. The van der Waals surface area contributed by atoms with Crippen LogP contribution in [0.15, 0.2) is 18.2 Å². The molecule has 1 aliphatic carbocycles. The Labute approximate surface area is 77.5 Å². The lowest BCUT2D eigenvalue weighted by molar-refractivity contribution is 0.284. The van der Waals surface area contributed by atoms with Gasteiger partial charge < -0.3 is 4.74 Å². The van der Waals surface area contributed by atoms with Gasteiger partial charge in [-0.25, -0.2) is 4.39 Å². The van der Waals surface area contributed by atoms with Gasteiger partial charge in [0.2, 0.25) is 0 Å². The summed E-state index contributed by atoms with van der Waals surface area (Å²) < 4.78 is 18.8. The number of rotatable bonds is 3. The van der Waals surface area contributed by atoms with Crippen LogP contribution in [0.4, 0.5) is 4.39 Å². The first-order valence-corrected chi connectivity index (χ1v) is 4.75. The zero-order valence-electron chi connectivity index (χ0n) is 7.72. The smallest absolute Gasteiger partial charge is 0.165 e. The van der Waals surface area contributed by atoms with E-state index in [1.807, 2.05) is 13.0 Å². The van der Waals surface area contributed by atoms with Gasteiger partial charge in [-0.15, -0.1) is 0 Å². The quantitative estimate of drug-likeness (QED) is 0.695. The average molecular weight is 180 g/mol. The molecule has 0 bridgehead atoms. The number of ether oxygens (including phenoxy) is 1. The molecule has 2 rings (SSSR count). The van der Waals surface area contributed by atoms with Gasteiger partial charge in [0.05, 0.1) is 6.10 Å². The maximum absolute atomic E-state index is 13.3. The molecule has 1 aromatic rings.